The molecular formula is C22H16FN5O2. The number of halogens is 1. The second kappa shape index (κ2) is 7.07. The van der Waals surface area contributed by atoms with Gasteiger partial charge in [0.05, 0.1) is 23.3 Å². The monoisotopic (exact) mass is 401 g/mol. The van der Waals surface area contributed by atoms with Gasteiger partial charge in [-0.15, -0.1) is 0 Å². The van der Waals surface area contributed by atoms with Gasteiger partial charge in [0.15, 0.2) is 11.5 Å². The van der Waals surface area contributed by atoms with Crippen LogP contribution >= 0.6 is 0 Å². The lowest BCUT2D eigenvalue weighted by atomic mass is 9.99. The van der Waals surface area contributed by atoms with Crippen molar-refractivity contribution in [2.24, 2.45) is 0 Å². The fourth-order valence-corrected chi connectivity index (χ4v) is 3.51. The predicted molar refractivity (Wildman–Crippen MR) is 112 cm³/mol. The van der Waals surface area contributed by atoms with Crippen molar-refractivity contribution in [3.8, 4) is 11.1 Å². The molecule has 0 saturated heterocycles. The number of imidazole rings is 1. The first kappa shape index (κ1) is 18.0. The number of H-pyrrole nitrogens is 1. The summed E-state index contributed by atoms with van der Waals surface area (Å²) >= 11 is 0. The first-order valence-electron chi connectivity index (χ1n) is 9.34. The van der Waals surface area contributed by atoms with E-state index in [1.165, 1.54) is 30.9 Å². The molecule has 0 aliphatic heterocycles. The number of fused-ring (bicyclic) bond motifs is 2. The third-order valence-electron chi connectivity index (χ3n) is 4.91. The molecule has 1 atom stereocenters. The highest BCUT2D eigenvalue weighted by Crippen LogP contribution is 2.31. The van der Waals surface area contributed by atoms with Gasteiger partial charge in [0, 0.05) is 0 Å². The van der Waals surface area contributed by atoms with Gasteiger partial charge in [-0.1, -0.05) is 30.3 Å². The van der Waals surface area contributed by atoms with Crippen LogP contribution in [0.3, 0.4) is 0 Å². The van der Waals surface area contributed by atoms with Gasteiger partial charge in [-0.3, -0.25) is 4.79 Å². The summed E-state index contributed by atoms with van der Waals surface area (Å²) in [5, 5.41) is 3.47. The van der Waals surface area contributed by atoms with Crippen molar-refractivity contribution in [3.63, 3.8) is 0 Å². The summed E-state index contributed by atoms with van der Waals surface area (Å²) in [6.07, 6.45) is 2.95. The maximum atomic E-state index is 13.8. The van der Waals surface area contributed by atoms with Crippen LogP contribution in [-0.4, -0.2) is 19.9 Å². The lowest BCUT2D eigenvalue weighted by molar-refractivity contribution is 0.514. The van der Waals surface area contributed by atoms with E-state index in [4.69, 9.17) is 4.42 Å². The molecule has 0 radical (unpaired) electrons. The van der Waals surface area contributed by atoms with Crippen molar-refractivity contribution in [1.82, 2.24) is 19.9 Å². The average Bonchev–Trinajstić information content (AvgIpc) is 3.24. The summed E-state index contributed by atoms with van der Waals surface area (Å²) in [6, 6.07) is 12.7. The van der Waals surface area contributed by atoms with E-state index < -0.39 is 11.9 Å². The highest BCUT2D eigenvalue weighted by molar-refractivity contribution is 5.84. The van der Waals surface area contributed by atoms with E-state index in [1.807, 2.05) is 37.3 Å². The first-order valence-corrected chi connectivity index (χ1v) is 9.34. The van der Waals surface area contributed by atoms with E-state index in [-0.39, 0.29) is 10.8 Å². The Hall–Kier alpha value is -4.07. The number of hydrogen-bond acceptors (Lipinski definition) is 6. The standard InChI is InChI=1S/C22H16FN5O2/c1-12(28-22-18-21(25-10-24-18)26-11-27-22)20-17(13-5-3-2-4-6-13)19(29)15-9-14(23)7-8-16(15)30-20/h2-12H,1H3,(H2,24,25,26,27,28)/t12-/m0/s1. The molecule has 0 saturated carbocycles. The van der Waals surface area contributed by atoms with Crippen molar-refractivity contribution < 1.29 is 8.81 Å². The molecule has 8 heteroatoms. The van der Waals surface area contributed by atoms with Crippen LogP contribution in [0.15, 0.2) is 70.4 Å². The fraction of sp³-hybridized carbons (Fsp3) is 0.0909. The Kier molecular flexibility index (Phi) is 4.24. The van der Waals surface area contributed by atoms with Crippen LogP contribution in [0, 0.1) is 5.82 Å². The Labute approximate surface area is 169 Å². The molecule has 0 fully saturated rings. The molecule has 7 nitrogen and oxygen atoms in total. The molecule has 0 amide bonds. The van der Waals surface area contributed by atoms with Crippen molar-refractivity contribution in [2.75, 3.05) is 5.32 Å². The zero-order chi connectivity index (χ0) is 20.7. The van der Waals surface area contributed by atoms with Gasteiger partial charge >= 0.3 is 0 Å². The third-order valence-corrected chi connectivity index (χ3v) is 4.91. The number of hydrogen-bond donors (Lipinski definition) is 2. The Morgan fingerprint density at radius 2 is 1.93 bits per heavy atom. The number of aromatic amines is 1. The largest absolute Gasteiger partial charge is 0.458 e. The molecule has 0 unspecified atom stereocenters. The van der Waals surface area contributed by atoms with Gasteiger partial charge in [0.25, 0.3) is 0 Å². The van der Waals surface area contributed by atoms with E-state index in [9.17, 15) is 9.18 Å². The SMILES string of the molecule is C[C@H](Nc1ncnc2nc[nH]c12)c1oc2ccc(F)cc2c(=O)c1-c1ccccc1. The average molecular weight is 401 g/mol. The lowest BCUT2D eigenvalue weighted by Gasteiger charge is -2.18. The molecule has 30 heavy (non-hydrogen) atoms. The molecule has 3 heterocycles. The highest BCUT2D eigenvalue weighted by Gasteiger charge is 2.22. The molecule has 2 aromatic carbocycles. The van der Waals surface area contributed by atoms with E-state index in [2.05, 4.69) is 25.3 Å². The van der Waals surface area contributed by atoms with E-state index in [0.29, 0.717) is 39.5 Å². The van der Waals surface area contributed by atoms with Crippen LogP contribution < -0.4 is 10.7 Å². The van der Waals surface area contributed by atoms with Gasteiger partial charge < -0.3 is 14.7 Å². The van der Waals surface area contributed by atoms with Gasteiger partial charge in [0.2, 0.25) is 5.43 Å². The molecule has 2 N–H and O–H groups in total. The Morgan fingerprint density at radius 3 is 2.77 bits per heavy atom. The Bertz CT molecular complexity index is 1430. The molecule has 148 valence electrons. The number of aromatic nitrogens is 4. The smallest absolute Gasteiger partial charge is 0.200 e. The topological polar surface area (TPSA) is 96.7 Å². The van der Waals surface area contributed by atoms with Gasteiger partial charge in [-0.05, 0) is 30.7 Å². The van der Waals surface area contributed by atoms with Crippen molar-refractivity contribution in [2.45, 2.75) is 13.0 Å². The van der Waals surface area contributed by atoms with E-state index >= 15 is 0 Å². The number of nitrogens with zero attached hydrogens (tertiary/aromatic N) is 3. The second-order valence-corrected chi connectivity index (χ2v) is 6.87. The van der Waals surface area contributed by atoms with Crippen LogP contribution in [-0.2, 0) is 0 Å². The van der Waals surface area contributed by atoms with Crippen LogP contribution in [0.4, 0.5) is 10.2 Å². The molecule has 0 bridgehead atoms. The number of nitrogens with one attached hydrogen (secondary N) is 2. The minimum atomic E-state index is -0.490. The highest BCUT2D eigenvalue weighted by atomic mass is 19.1. The number of benzene rings is 2. The molecule has 0 aliphatic rings. The quantitative estimate of drug-likeness (QED) is 0.462. The number of rotatable bonds is 4. The summed E-state index contributed by atoms with van der Waals surface area (Å²) in [5.41, 5.74) is 2.27. The summed E-state index contributed by atoms with van der Waals surface area (Å²) in [7, 11) is 0. The third kappa shape index (κ3) is 2.98. The van der Waals surface area contributed by atoms with E-state index in [0.717, 1.165) is 0 Å². The molecular weight excluding hydrogens is 385 g/mol. The van der Waals surface area contributed by atoms with Gasteiger partial charge in [0.1, 0.15) is 29.0 Å². The van der Waals surface area contributed by atoms with Crippen LogP contribution in [0.2, 0.25) is 0 Å². The Balaban J connectivity index is 1.70. The normalized spacial score (nSPS) is 12.3. The van der Waals surface area contributed by atoms with Crippen LogP contribution in [0.5, 0.6) is 0 Å². The maximum absolute atomic E-state index is 13.8. The second-order valence-electron chi connectivity index (χ2n) is 6.87. The molecule has 3 aromatic heterocycles. The van der Waals surface area contributed by atoms with Crippen LogP contribution in [0.25, 0.3) is 33.3 Å². The van der Waals surface area contributed by atoms with Crippen molar-refractivity contribution in [1.29, 1.82) is 0 Å². The number of anilines is 1. The summed E-state index contributed by atoms with van der Waals surface area (Å²) in [5.74, 6) is 0.470. The summed E-state index contributed by atoms with van der Waals surface area (Å²) in [4.78, 5) is 28.9. The minimum absolute atomic E-state index is 0.197. The van der Waals surface area contributed by atoms with E-state index in [1.54, 1.807) is 0 Å². The molecule has 5 aromatic rings. The van der Waals surface area contributed by atoms with Crippen LogP contribution in [0.1, 0.15) is 18.7 Å². The predicted octanol–water partition coefficient (Wildman–Crippen LogP) is 4.44. The van der Waals surface area contributed by atoms with Crippen molar-refractivity contribution >= 4 is 28.0 Å². The molecule has 0 aliphatic carbocycles. The molecule has 5 rings (SSSR count). The maximum Gasteiger partial charge on any atom is 0.200 e. The Morgan fingerprint density at radius 1 is 1.10 bits per heavy atom. The molecule has 0 spiro atoms. The summed E-state index contributed by atoms with van der Waals surface area (Å²) < 4.78 is 19.9. The summed E-state index contributed by atoms with van der Waals surface area (Å²) in [6.45, 7) is 1.87. The van der Waals surface area contributed by atoms with Crippen molar-refractivity contribution in [3.05, 3.63) is 83.0 Å². The van der Waals surface area contributed by atoms with Gasteiger partial charge in [-0.2, -0.15) is 0 Å². The van der Waals surface area contributed by atoms with Gasteiger partial charge in [-0.25, -0.2) is 19.3 Å². The lowest BCUT2D eigenvalue weighted by Crippen LogP contribution is -2.16. The zero-order valence-corrected chi connectivity index (χ0v) is 15.9. The minimum Gasteiger partial charge on any atom is -0.458 e. The zero-order valence-electron chi connectivity index (χ0n) is 15.9. The first-order chi connectivity index (χ1) is 14.6. The fourth-order valence-electron chi connectivity index (χ4n) is 3.51.